The van der Waals surface area contributed by atoms with Gasteiger partial charge in [0.1, 0.15) is 6.10 Å². The molecular formula is C12H24O5. The van der Waals surface area contributed by atoms with Crippen LogP contribution in [0.5, 0.6) is 0 Å². The lowest BCUT2D eigenvalue weighted by Gasteiger charge is -2.44. The molecule has 1 rings (SSSR count). The molecule has 0 radical (unpaired) electrons. The number of methoxy groups -OCH3 is 1. The molecule has 102 valence electrons. The maximum absolute atomic E-state index is 10.1. The highest BCUT2D eigenvalue weighted by Gasteiger charge is 2.46. The summed E-state index contributed by atoms with van der Waals surface area (Å²) in [5.74, 6) is 0.0376. The molecule has 3 unspecified atom stereocenters. The van der Waals surface area contributed by atoms with Crippen LogP contribution in [-0.2, 0) is 9.47 Å². The van der Waals surface area contributed by atoms with E-state index in [2.05, 4.69) is 0 Å². The molecular weight excluding hydrogens is 224 g/mol. The number of aliphatic hydroxyl groups excluding tert-OH is 3. The summed E-state index contributed by atoms with van der Waals surface area (Å²) in [5.41, 5.74) is 0. The van der Waals surface area contributed by atoms with Gasteiger partial charge in [-0.2, -0.15) is 0 Å². The minimum Gasteiger partial charge on any atom is -0.390 e. The van der Waals surface area contributed by atoms with Crippen molar-refractivity contribution in [3.05, 3.63) is 0 Å². The Morgan fingerprint density at radius 1 is 1.12 bits per heavy atom. The van der Waals surface area contributed by atoms with Crippen LogP contribution in [0.4, 0.5) is 0 Å². The lowest BCUT2D eigenvalue weighted by atomic mass is 9.77. The Balaban J connectivity index is 2.84. The molecule has 0 aromatic rings. The van der Waals surface area contributed by atoms with Crippen molar-refractivity contribution in [1.29, 1.82) is 0 Å². The SMILES string of the molecule is CCC(CC)[C@@H]1C(COC)O[C@H](O)C(O)C1O. The number of rotatable bonds is 5. The van der Waals surface area contributed by atoms with Crippen molar-refractivity contribution >= 4 is 0 Å². The van der Waals surface area contributed by atoms with Crippen LogP contribution >= 0.6 is 0 Å². The third-order valence-corrected chi connectivity index (χ3v) is 3.70. The Kier molecular flexibility index (Phi) is 5.82. The molecule has 0 saturated carbocycles. The first-order valence-electron chi connectivity index (χ1n) is 6.25. The molecule has 1 aliphatic heterocycles. The third-order valence-electron chi connectivity index (χ3n) is 3.70. The zero-order valence-corrected chi connectivity index (χ0v) is 10.7. The second-order valence-corrected chi connectivity index (χ2v) is 4.66. The number of aliphatic hydroxyl groups is 3. The van der Waals surface area contributed by atoms with E-state index in [-0.39, 0.29) is 17.9 Å². The second kappa shape index (κ2) is 6.66. The van der Waals surface area contributed by atoms with E-state index in [0.29, 0.717) is 6.61 Å². The van der Waals surface area contributed by atoms with Crippen molar-refractivity contribution in [2.75, 3.05) is 13.7 Å². The van der Waals surface area contributed by atoms with E-state index in [0.717, 1.165) is 12.8 Å². The maximum Gasteiger partial charge on any atom is 0.183 e. The van der Waals surface area contributed by atoms with E-state index in [1.807, 2.05) is 13.8 Å². The molecule has 1 heterocycles. The summed E-state index contributed by atoms with van der Waals surface area (Å²) in [7, 11) is 1.55. The van der Waals surface area contributed by atoms with E-state index in [1.54, 1.807) is 7.11 Å². The van der Waals surface area contributed by atoms with Gasteiger partial charge >= 0.3 is 0 Å². The second-order valence-electron chi connectivity index (χ2n) is 4.66. The molecule has 17 heavy (non-hydrogen) atoms. The van der Waals surface area contributed by atoms with Gasteiger partial charge in [-0.15, -0.1) is 0 Å². The lowest BCUT2D eigenvalue weighted by molar-refractivity contribution is -0.282. The highest BCUT2D eigenvalue weighted by molar-refractivity contribution is 4.91. The first kappa shape index (κ1) is 14.9. The van der Waals surface area contributed by atoms with E-state index < -0.39 is 18.5 Å². The molecule has 0 bridgehead atoms. The number of ether oxygens (including phenoxy) is 2. The fourth-order valence-corrected chi connectivity index (χ4v) is 2.70. The van der Waals surface area contributed by atoms with Crippen LogP contribution in [0.3, 0.4) is 0 Å². The van der Waals surface area contributed by atoms with E-state index in [1.165, 1.54) is 0 Å². The summed E-state index contributed by atoms with van der Waals surface area (Å²) in [6.07, 6.45) is -2.14. The van der Waals surface area contributed by atoms with Gasteiger partial charge < -0.3 is 24.8 Å². The van der Waals surface area contributed by atoms with Gasteiger partial charge in [0.15, 0.2) is 6.29 Å². The van der Waals surface area contributed by atoms with Crippen LogP contribution in [0, 0.1) is 11.8 Å². The molecule has 0 aromatic heterocycles. The molecule has 5 nitrogen and oxygen atoms in total. The van der Waals surface area contributed by atoms with E-state index >= 15 is 0 Å². The van der Waals surface area contributed by atoms with Gasteiger partial charge in [0.2, 0.25) is 0 Å². The Morgan fingerprint density at radius 2 is 1.71 bits per heavy atom. The van der Waals surface area contributed by atoms with Crippen molar-refractivity contribution in [2.45, 2.75) is 51.3 Å². The Bertz CT molecular complexity index is 219. The summed E-state index contributed by atoms with van der Waals surface area (Å²) >= 11 is 0. The van der Waals surface area contributed by atoms with Crippen LogP contribution in [-0.4, -0.2) is 53.6 Å². The molecule has 0 spiro atoms. The normalized spacial score (nSPS) is 38.6. The average molecular weight is 248 g/mol. The lowest BCUT2D eigenvalue weighted by Crippen LogP contribution is -2.57. The summed E-state index contributed by atoms with van der Waals surface area (Å²) in [5, 5.41) is 29.3. The van der Waals surface area contributed by atoms with Gasteiger partial charge in [-0.3, -0.25) is 0 Å². The quantitative estimate of drug-likeness (QED) is 0.644. The topological polar surface area (TPSA) is 79.2 Å². The highest BCUT2D eigenvalue weighted by atomic mass is 16.6. The molecule has 3 N–H and O–H groups in total. The summed E-state index contributed by atoms with van der Waals surface area (Å²) in [4.78, 5) is 0. The van der Waals surface area contributed by atoms with Gasteiger partial charge in [0.05, 0.1) is 18.8 Å². The minimum absolute atomic E-state index is 0.205. The molecule has 1 fully saturated rings. The molecule has 1 aliphatic rings. The van der Waals surface area contributed by atoms with Crippen molar-refractivity contribution in [2.24, 2.45) is 11.8 Å². The van der Waals surface area contributed by atoms with Gasteiger partial charge in [-0.05, 0) is 5.92 Å². The number of hydrogen-bond donors (Lipinski definition) is 3. The maximum atomic E-state index is 10.1. The molecule has 5 heteroatoms. The molecule has 5 atom stereocenters. The fraction of sp³-hybridized carbons (Fsp3) is 1.00. The Morgan fingerprint density at radius 3 is 2.18 bits per heavy atom. The Labute approximate surface area is 102 Å². The highest BCUT2D eigenvalue weighted by Crippen LogP contribution is 2.34. The zero-order chi connectivity index (χ0) is 13.0. The number of hydrogen-bond acceptors (Lipinski definition) is 5. The van der Waals surface area contributed by atoms with Crippen LogP contribution in [0.2, 0.25) is 0 Å². The van der Waals surface area contributed by atoms with Crippen LogP contribution < -0.4 is 0 Å². The first-order chi connectivity index (χ1) is 8.06. The minimum atomic E-state index is -1.34. The molecule has 1 saturated heterocycles. The summed E-state index contributed by atoms with van der Waals surface area (Å²) in [6, 6.07) is 0. The molecule has 0 amide bonds. The van der Waals surface area contributed by atoms with Crippen molar-refractivity contribution in [1.82, 2.24) is 0 Å². The van der Waals surface area contributed by atoms with Gasteiger partial charge in [-0.1, -0.05) is 26.7 Å². The summed E-state index contributed by atoms with van der Waals surface area (Å²) in [6.45, 7) is 4.40. The van der Waals surface area contributed by atoms with E-state index in [9.17, 15) is 15.3 Å². The standard InChI is InChI=1S/C12H24O5/c1-4-7(5-2)9-8(6-16-3)17-12(15)11(14)10(9)13/h7-15H,4-6H2,1-3H3/t8?,9-,10?,11?,12+/m1/s1. The van der Waals surface area contributed by atoms with Crippen molar-refractivity contribution in [3.8, 4) is 0 Å². The van der Waals surface area contributed by atoms with E-state index in [4.69, 9.17) is 9.47 Å². The van der Waals surface area contributed by atoms with Gasteiger partial charge in [0, 0.05) is 13.0 Å². The molecule has 0 aliphatic carbocycles. The summed E-state index contributed by atoms with van der Waals surface area (Å²) < 4.78 is 10.4. The Hall–Kier alpha value is -0.200. The largest absolute Gasteiger partial charge is 0.390 e. The zero-order valence-electron chi connectivity index (χ0n) is 10.7. The van der Waals surface area contributed by atoms with Crippen molar-refractivity contribution < 1.29 is 24.8 Å². The first-order valence-corrected chi connectivity index (χ1v) is 6.25. The predicted molar refractivity (Wildman–Crippen MR) is 62.3 cm³/mol. The van der Waals surface area contributed by atoms with Gasteiger partial charge in [-0.25, -0.2) is 0 Å². The van der Waals surface area contributed by atoms with Crippen LogP contribution in [0.1, 0.15) is 26.7 Å². The fourth-order valence-electron chi connectivity index (χ4n) is 2.70. The van der Waals surface area contributed by atoms with Crippen molar-refractivity contribution in [3.63, 3.8) is 0 Å². The third kappa shape index (κ3) is 3.17. The average Bonchev–Trinajstić information content (AvgIpc) is 2.32. The smallest absolute Gasteiger partial charge is 0.183 e. The van der Waals surface area contributed by atoms with Crippen LogP contribution in [0.15, 0.2) is 0 Å². The van der Waals surface area contributed by atoms with Crippen LogP contribution in [0.25, 0.3) is 0 Å². The molecule has 0 aromatic carbocycles. The predicted octanol–water partition coefficient (Wildman–Crippen LogP) is 0.124. The van der Waals surface area contributed by atoms with Gasteiger partial charge in [0.25, 0.3) is 0 Å². The monoisotopic (exact) mass is 248 g/mol.